The quantitative estimate of drug-likeness (QED) is 0.622. The van der Waals surface area contributed by atoms with Gasteiger partial charge in [-0.2, -0.15) is 0 Å². The summed E-state index contributed by atoms with van der Waals surface area (Å²) in [5.41, 5.74) is 1.60. The van der Waals surface area contributed by atoms with Crippen LogP contribution in [0.1, 0.15) is 39.2 Å². The number of carbonyl (C=O) groups excluding carboxylic acids is 1. The minimum Gasteiger partial charge on any atom is -0.326 e. The molecule has 0 aromatic heterocycles. The molecule has 0 fully saturated rings. The largest absolute Gasteiger partial charge is 0.326 e. The molecule has 0 aliphatic rings. The molecule has 0 heterocycles. The van der Waals surface area contributed by atoms with E-state index < -0.39 is 5.92 Å². The molecule has 2 nitrogen and oxygen atoms in total. The summed E-state index contributed by atoms with van der Waals surface area (Å²) in [5.74, 6) is -3.29. The lowest BCUT2D eigenvalue weighted by atomic mass is 9.98. The maximum atomic E-state index is 13.9. The summed E-state index contributed by atoms with van der Waals surface area (Å²) in [6.45, 7) is 4.72. The van der Waals surface area contributed by atoms with Crippen LogP contribution in [0.25, 0.3) is 11.1 Å². The number of rotatable bonds is 6. The SMILES string of the molecule is CCC(CC)C(=O)Nc1cc(-c2ccc(Cl)cc2)cc(C(C)(F)F)c1. The third-order valence-electron chi connectivity index (χ3n) is 4.24. The van der Waals surface area contributed by atoms with Gasteiger partial charge in [0.1, 0.15) is 0 Å². The molecule has 0 aliphatic carbocycles. The van der Waals surface area contributed by atoms with Crippen molar-refractivity contribution in [1.29, 1.82) is 0 Å². The molecule has 1 N–H and O–H groups in total. The van der Waals surface area contributed by atoms with E-state index in [1.165, 1.54) is 12.1 Å². The Morgan fingerprint density at radius 1 is 1.08 bits per heavy atom. The van der Waals surface area contributed by atoms with Crippen LogP contribution in [0.15, 0.2) is 42.5 Å². The first-order valence-electron chi connectivity index (χ1n) is 8.34. The Morgan fingerprint density at radius 3 is 2.20 bits per heavy atom. The molecule has 134 valence electrons. The van der Waals surface area contributed by atoms with Crippen LogP contribution in [-0.4, -0.2) is 5.91 Å². The number of amides is 1. The van der Waals surface area contributed by atoms with Crippen molar-refractivity contribution in [2.75, 3.05) is 5.32 Å². The minimum atomic E-state index is -3.00. The van der Waals surface area contributed by atoms with Gasteiger partial charge in [0.25, 0.3) is 5.92 Å². The van der Waals surface area contributed by atoms with Crippen molar-refractivity contribution < 1.29 is 13.6 Å². The smallest absolute Gasteiger partial charge is 0.270 e. The van der Waals surface area contributed by atoms with E-state index in [-0.39, 0.29) is 17.4 Å². The summed E-state index contributed by atoms with van der Waals surface area (Å²) in [6, 6.07) is 11.4. The maximum absolute atomic E-state index is 13.9. The zero-order valence-corrected chi connectivity index (χ0v) is 15.3. The Balaban J connectivity index is 2.44. The van der Waals surface area contributed by atoms with E-state index in [0.717, 1.165) is 12.5 Å². The standard InChI is InChI=1S/C20H22ClF2NO/c1-4-13(5-2)19(25)24-18-11-15(10-16(12-18)20(3,22)23)14-6-8-17(21)9-7-14/h6-13H,4-5H2,1-3H3,(H,24,25). The molecule has 0 spiro atoms. The first-order valence-corrected chi connectivity index (χ1v) is 8.72. The monoisotopic (exact) mass is 365 g/mol. The molecule has 0 radical (unpaired) electrons. The van der Waals surface area contributed by atoms with Crippen LogP contribution in [0.5, 0.6) is 0 Å². The third kappa shape index (κ3) is 5.02. The lowest BCUT2D eigenvalue weighted by molar-refractivity contribution is -0.120. The number of benzene rings is 2. The van der Waals surface area contributed by atoms with Gasteiger partial charge in [-0.05, 0) is 54.3 Å². The molecule has 2 aromatic rings. The second-order valence-corrected chi connectivity index (χ2v) is 6.63. The molecule has 25 heavy (non-hydrogen) atoms. The number of hydrogen-bond donors (Lipinski definition) is 1. The molecular formula is C20H22ClF2NO. The predicted octanol–water partition coefficient (Wildman–Crippen LogP) is 6.49. The molecule has 0 saturated heterocycles. The van der Waals surface area contributed by atoms with E-state index in [0.29, 0.717) is 29.1 Å². The maximum Gasteiger partial charge on any atom is 0.270 e. The Morgan fingerprint density at radius 2 is 1.68 bits per heavy atom. The van der Waals surface area contributed by atoms with Gasteiger partial charge in [-0.25, -0.2) is 8.78 Å². The summed E-state index contributed by atoms with van der Waals surface area (Å²) in [5, 5.41) is 3.35. The van der Waals surface area contributed by atoms with Crippen molar-refractivity contribution in [1.82, 2.24) is 0 Å². The highest BCUT2D eigenvalue weighted by atomic mass is 35.5. The molecule has 0 aliphatic heterocycles. The van der Waals surface area contributed by atoms with Gasteiger partial charge in [0.05, 0.1) is 0 Å². The second kappa shape index (κ2) is 7.96. The summed E-state index contributed by atoms with van der Waals surface area (Å²) in [7, 11) is 0. The lowest BCUT2D eigenvalue weighted by Gasteiger charge is -2.17. The molecule has 5 heteroatoms. The van der Waals surface area contributed by atoms with Crippen molar-refractivity contribution in [2.24, 2.45) is 5.92 Å². The van der Waals surface area contributed by atoms with Gasteiger partial charge < -0.3 is 5.32 Å². The minimum absolute atomic E-state index is 0.134. The molecule has 2 aromatic carbocycles. The molecular weight excluding hydrogens is 344 g/mol. The van der Waals surface area contributed by atoms with Gasteiger partial charge >= 0.3 is 0 Å². The average Bonchev–Trinajstić information content (AvgIpc) is 2.55. The van der Waals surface area contributed by atoms with Crippen LogP contribution >= 0.6 is 11.6 Å². The van der Waals surface area contributed by atoms with Gasteiger partial charge in [-0.1, -0.05) is 37.6 Å². The highest BCUT2D eigenvalue weighted by Crippen LogP contribution is 2.34. The highest BCUT2D eigenvalue weighted by molar-refractivity contribution is 6.30. The number of alkyl halides is 2. The topological polar surface area (TPSA) is 29.1 Å². The number of anilines is 1. The molecule has 1 amide bonds. The Bertz CT molecular complexity index is 734. The fourth-order valence-electron chi connectivity index (χ4n) is 2.67. The van der Waals surface area contributed by atoms with Crippen molar-refractivity contribution in [3.63, 3.8) is 0 Å². The van der Waals surface area contributed by atoms with Crippen molar-refractivity contribution in [2.45, 2.75) is 39.5 Å². The van der Waals surface area contributed by atoms with Crippen molar-refractivity contribution in [3.8, 4) is 11.1 Å². The second-order valence-electron chi connectivity index (χ2n) is 6.20. The van der Waals surface area contributed by atoms with Crippen LogP contribution in [0.2, 0.25) is 5.02 Å². The molecule has 0 unspecified atom stereocenters. The van der Waals surface area contributed by atoms with Crippen molar-refractivity contribution in [3.05, 3.63) is 53.1 Å². The fraction of sp³-hybridized carbons (Fsp3) is 0.350. The lowest BCUT2D eigenvalue weighted by Crippen LogP contribution is -2.22. The summed E-state index contributed by atoms with van der Waals surface area (Å²) in [6.07, 6.45) is 1.41. The van der Waals surface area contributed by atoms with Crippen LogP contribution in [0.3, 0.4) is 0 Å². The van der Waals surface area contributed by atoms with E-state index in [4.69, 9.17) is 11.6 Å². The summed E-state index contributed by atoms with van der Waals surface area (Å²) >= 11 is 5.89. The molecule has 2 rings (SSSR count). The van der Waals surface area contributed by atoms with Gasteiger partial charge in [0.2, 0.25) is 5.91 Å². The van der Waals surface area contributed by atoms with Crippen LogP contribution < -0.4 is 5.32 Å². The Labute approximate surface area is 152 Å². The first-order chi connectivity index (χ1) is 11.7. The van der Waals surface area contributed by atoms with E-state index in [2.05, 4.69) is 5.32 Å². The Hall–Kier alpha value is -1.94. The molecule has 0 bridgehead atoms. The number of halogens is 3. The normalized spacial score (nSPS) is 11.6. The van der Waals surface area contributed by atoms with Gasteiger partial charge in [-0.15, -0.1) is 0 Å². The predicted molar refractivity (Wildman–Crippen MR) is 99.2 cm³/mol. The third-order valence-corrected chi connectivity index (χ3v) is 4.49. The van der Waals surface area contributed by atoms with Crippen LogP contribution in [-0.2, 0) is 10.7 Å². The Kier molecular flexibility index (Phi) is 6.17. The fourth-order valence-corrected chi connectivity index (χ4v) is 2.79. The van der Waals surface area contributed by atoms with E-state index in [1.807, 2.05) is 13.8 Å². The molecule has 0 atom stereocenters. The van der Waals surface area contributed by atoms with E-state index >= 15 is 0 Å². The average molecular weight is 366 g/mol. The molecule has 0 saturated carbocycles. The number of nitrogens with one attached hydrogen (secondary N) is 1. The van der Waals surface area contributed by atoms with Gasteiger partial charge in [0, 0.05) is 29.1 Å². The highest BCUT2D eigenvalue weighted by Gasteiger charge is 2.26. The van der Waals surface area contributed by atoms with Gasteiger partial charge in [0.15, 0.2) is 0 Å². The van der Waals surface area contributed by atoms with Gasteiger partial charge in [-0.3, -0.25) is 4.79 Å². The van der Waals surface area contributed by atoms with E-state index in [9.17, 15) is 13.6 Å². The number of hydrogen-bond acceptors (Lipinski definition) is 1. The zero-order chi connectivity index (χ0) is 18.6. The van der Waals surface area contributed by atoms with Crippen molar-refractivity contribution >= 4 is 23.2 Å². The summed E-state index contributed by atoms with van der Waals surface area (Å²) < 4.78 is 27.8. The first kappa shape index (κ1) is 19.4. The van der Waals surface area contributed by atoms with Crippen LogP contribution in [0, 0.1) is 5.92 Å². The summed E-state index contributed by atoms with van der Waals surface area (Å²) in [4.78, 5) is 12.3. The zero-order valence-electron chi connectivity index (χ0n) is 14.6. The van der Waals surface area contributed by atoms with Crippen LogP contribution in [0.4, 0.5) is 14.5 Å². The van der Waals surface area contributed by atoms with E-state index in [1.54, 1.807) is 30.3 Å². The number of carbonyl (C=O) groups is 1.